The van der Waals surface area contributed by atoms with E-state index in [1.165, 1.54) is 18.7 Å². The van der Waals surface area contributed by atoms with Crippen LogP contribution in [0.2, 0.25) is 0 Å². The summed E-state index contributed by atoms with van der Waals surface area (Å²) in [4.78, 5) is 56.8. The summed E-state index contributed by atoms with van der Waals surface area (Å²) in [5.74, 6) is 0.253. The van der Waals surface area contributed by atoms with E-state index in [9.17, 15) is 58.8 Å². The maximum atomic E-state index is 12.6. The number of nitrogens with one attached hydrogen (secondary N) is 1. The molecule has 0 amide bonds. The van der Waals surface area contributed by atoms with E-state index < -0.39 is 88.7 Å². The summed E-state index contributed by atoms with van der Waals surface area (Å²) < 4.78 is 49.9. The Balaban J connectivity index is 1.32. The number of aromatic nitrogens is 2. The highest BCUT2D eigenvalue weighted by molar-refractivity contribution is 7.98. The first-order valence-corrected chi connectivity index (χ1v) is 17.5. The third-order valence-corrected chi connectivity index (χ3v) is 10.6. The van der Waals surface area contributed by atoms with Gasteiger partial charge in [0.1, 0.15) is 36.6 Å². The Bertz CT molecular complexity index is 1590. The lowest BCUT2D eigenvalue weighted by Gasteiger charge is -2.40. The molecule has 3 unspecified atom stereocenters. The molecule has 22 heteroatoms. The van der Waals surface area contributed by atoms with E-state index in [4.69, 9.17) is 9.47 Å². The van der Waals surface area contributed by atoms with Crippen LogP contribution < -0.4 is 11.2 Å². The lowest BCUT2D eigenvalue weighted by atomic mass is 10.0. The summed E-state index contributed by atoms with van der Waals surface area (Å²) in [5, 5.41) is 51.4. The number of benzene rings is 1. The highest BCUT2D eigenvalue weighted by Gasteiger charge is 2.49. The molecule has 0 radical (unpaired) electrons. The normalized spacial score (nSPS) is 32.5. The fraction of sp³-hybridized carbons (Fsp3) is 0.542. The molecule has 2 saturated heterocycles. The Morgan fingerprint density at radius 3 is 2.20 bits per heavy atom. The van der Waals surface area contributed by atoms with Gasteiger partial charge >= 0.3 is 21.3 Å². The van der Waals surface area contributed by atoms with Crippen molar-refractivity contribution in [1.82, 2.24) is 9.55 Å². The van der Waals surface area contributed by atoms with Crippen molar-refractivity contribution >= 4 is 33.2 Å². The van der Waals surface area contributed by atoms with Crippen LogP contribution >= 0.6 is 27.4 Å². The summed E-state index contributed by atoms with van der Waals surface area (Å²) in [5.41, 5.74) is -0.413. The van der Waals surface area contributed by atoms with E-state index in [2.05, 4.69) is 13.4 Å². The second kappa shape index (κ2) is 15.0. The van der Waals surface area contributed by atoms with Crippen LogP contribution in [-0.2, 0) is 37.7 Å². The fourth-order valence-corrected chi connectivity index (χ4v) is 7.68. The monoisotopic (exact) mass is 714 g/mol. The van der Waals surface area contributed by atoms with Crippen molar-refractivity contribution in [2.45, 2.75) is 67.9 Å². The standard InChI is InChI=1S/C24H32N2O17P2S/c1-11(27)13-4-2-12(3-5-13)9-46-10-15-18(30)19(31)21(33)23(41-15)42-45(37,38)43-44(35,36)39-8-14-17(29)20(32)22(40-14)26-7-6-16(28)25-24(26)34/h2-7,14-15,17-23,29-33H,8-10H2,1H3,(H,35,36)(H,37,38)(H,25,28,34)/t14-,15-,17-,18+,19+,20-,21-,22-,23?/m1/s1. The summed E-state index contributed by atoms with van der Waals surface area (Å²) in [6.45, 7) is 0.401. The Morgan fingerprint density at radius 1 is 0.913 bits per heavy atom. The maximum Gasteiger partial charge on any atom is 0.483 e. The molecule has 11 atom stereocenters. The Labute approximate surface area is 263 Å². The number of aromatic amines is 1. The number of ketones is 1. The molecule has 3 heterocycles. The quantitative estimate of drug-likeness (QED) is 0.0851. The zero-order valence-electron chi connectivity index (χ0n) is 23.7. The number of ether oxygens (including phenoxy) is 2. The van der Waals surface area contributed by atoms with Gasteiger partial charge in [-0.1, -0.05) is 24.3 Å². The third-order valence-electron chi connectivity index (χ3n) is 6.89. The van der Waals surface area contributed by atoms with Crippen LogP contribution in [0.25, 0.3) is 0 Å². The first kappa shape index (κ1) is 36.7. The largest absolute Gasteiger partial charge is 0.483 e. The van der Waals surface area contributed by atoms with Crippen LogP contribution in [0.1, 0.15) is 29.1 Å². The lowest BCUT2D eigenvalue weighted by Crippen LogP contribution is -2.58. The van der Waals surface area contributed by atoms with Crippen molar-refractivity contribution < 1.29 is 72.1 Å². The van der Waals surface area contributed by atoms with Gasteiger partial charge in [0.25, 0.3) is 5.56 Å². The molecular weight excluding hydrogens is 682 g/mol. The van der Waals surface area contributed by atoms with Crippen molar-refractivity contribution in [2.24, 2.45) is 0 Å². The molecule has 0 spiro atoms. The van der Waals surface area contributed by atoms with Crippen LogP contribution in [-0.4, -0.2) is 112 Å². The second-order valence-corrected chi connectivity index (χ2v) is 14.3. The average Bonchev–Trinajstić information content (AvgIpc) is 3.25. The molecule has 1 aromatic heterocycles. The van der Waals surface area contributed by atoms with Crippen molar-refractivity contribution in [2.75, 3.05) is 12.4 Å². The molecule has 2 aliphatic rings. The molecular formula is C24H32N2O17P2S. The topological polar surface area (TPSA) is 294 Å². The smallest absolute Gasteiger partial charge is 0.388 e. The van der Waals surface area contributed by atoms with Crippen molar-refractivity contribution in [3.63, 3.8) is 0 Å². The SMILES string of the molecule is CC(=O)c1ccc(CSC[C@H]2OC(OP(=O)(O)OP(=O)(O)OC[C@H]3O[C@@H](n4ccc(=O)[nH]c4=O)[C@H](O)[C@@H]3O)[C@H](O)[C@@H](O)[C@H]2O)cc1. The van der Waals surface area contributed by atoms with Crippen LogP contribution in [0.3, 0.4) is 0 Å². The Kier molecular flexibility index (Phi) is 12.0. The molecule has 0 aliphatic carbocycles. The average molecular weight is 715 g/mol. The highest BCUT2D eigenvalue weighted by Crippen LogP contribution is 2.61. The second-order valence-electron chi connectivity index (χ2n) is 10.3. The van der Waals surface area contributed by atoms with Gasteiger partial charge < -0.3 is 44.8 Å². The molecule has 2 aromatic rings. The van der Waals surface area contributed by atoms with E-state index in [-0.39, 0.29) is 11.5 Å². The van der Waals surface area contributed by atoms with E-state index in [0.29, 0.717) is 11.3 Å². The Morgan fingerprint density at radius 2 is 1.57 bits per heavy atom. The van der Waals surface area contributed by atoms with Crippen LogP contribution in [0.15, 0.2) is 46.1 Å². The number of H-pyrrole nitrogens is 1. The van der Waals surface area contributed by atoms with E-state index in [0.717, 1.165) is 22.4 Å². The van der Waals surface area contributed by atoms with Gasteiger partial charge in [-0.2, -0.15) is 16.1 Å². The fourth-order valence-electron chi connectivity index (χ4n) is 4.47. The number of hydrogen-bond donors (Lipinski definition) is 8. The van der Waals surface area contributed by atoms with Crippen LogP contribution in [0.5, 0.6) is 0 Å². The molecule has 2 fully saturated rings. The predicted octanol–water partition coefficient (Wildman–Crippen LogP) is -1.65. The minimum Gasteiger partial charge on any atom is -0.388 e. The van der Waals surface area contributed by atoms with Gasteiger partial charge in [-0.05, 0) is 12.5 Å². The first-order valence-electron chi connectivity index (χ1n) is 13.4. The van der Waals surface area contributed by atoms with E-state index in [1.807, 2.05) is 4.98 Å². The van der Waals surface area contributed by atoms with Gasteiger partial charge in [0.2, 0.25) is 0 Å². The third kappa shape index (κ3) is 9.07. The number of thioether (sulfide) groups is 1. The number of rotatable bonds is 13. The number of phosphoric acid groups is 2. The number of phosphoric ester groups is 2. The zero-order chi connectivity index (χ0) is 34.0. The number of aliphatic hydroxyl groups is 5. The van der Waals surface area contributed by atoms with E-state index >= 15 is 0 Å². The minimum atomic E-state index is -5.62. The van der Waals surface area contributed by atoms with Crippen molar-refractivity contribution in [3.05, 3.63) is 68.5 Å². The molecule has 8 N–H and O–H groups in total. The van der Waals surface area contributed by atoms with Gasteiger partial charge in [0.05, 0.1) is 12.7 Å². The molecule has 19 nitrogen and oxygen atoms in total. The number of carbonyl (C=O) groups is 1. The lowest BCUT2D eigenvalue weighted by molar-refractivity contribution is -0.270. The molecule has 2 aliphatic heterocycles. The number of carbonyl (C=O) groups excluding carboxylic acids is 1. The molecule has 4 rings (SSSR count). The number of nitrogens with zero attached hydrogens (tertiary/aromatic N) is 1. The predicted molar refractivity (Wildman–Crippen MR) is 154 cm³/mol. The van der Waals surface area contributed by atoms with Crippen molar-refractivity contribution in [1.29, 1.82) is 0 Å². The summed E-state index contributed by atoms with van der Waals surface area (Å²) >= 11 is 1.21. The summed E-state index contributed by atoms with van der Waals surface area (Å²) in [6, 6.07) is 7.64. The number of Topliss-reactive ketones (excluding diaryl/α,β-unsaturated/α-hetero) is 1. The molecule has 1 aromatic carbocycles. The summed E-state index contributed by atoms with van der Waals surface area (Å²) in [6.07, 6.45) is -14.8. The van der Waals surface area contributed by atoms with Gasteiger partial charge in [0.15, 0.2) is 18.3 Å². The van der Waals surface area contributed by atoms with Crippen LogP contribution in [0, 0.1) is 0 Å². The highest BCUT2D eigenvalue weighted by atomic mass is 32.2. The van der Waals surface area contributed by atoms with Gasteiger partial charge in [-0.15, -0.1) is 0 Å². The first-order chi connectivity index (χ1) is 21.5. The Hall–Kier alpha value is -2.10. The zero-order valence-corrected chi connectivity index (χ0v) is 26.3. The van der Waals surface area contributed by atoms with Crippen LogP contribution in [0.4, 0.5) is 0 Å². The number of hydrogen-bond acceptors (Lipinski definition) is 16. The molecule has 0 saturated carbocycles. The number of aliphatic hydroxyl groups excluding tert-OH is 5. The van der Waals surface area contributed by atoms with Gasteiger partial charge in [0, 0.05) is 29.3 Å². The van der Waals surface area contributed by atoms with E-state index in [1.54, 1.807) is 24.3 Å². The van der Waals surface area contributed by atoms with Gasteiger partial charge in [-0.3, -0.25) is 28.2 Å². The summed E-state index contributed by atoms with van der Waals surface area (Å²) in [7, 11) is -11.1. The minimum absolute atomic E-state index is 0.0147. The van der Waals surface area contributed by atoms with Crippen molar-refractivity contribution in [3.8, 4) is 0 Å². The maximum absolute atomic E-state index is 12.6. The molecule has 46 heavy (non-hydrogen) atoms. The molecule has 0 bridgehead atoms. The van der Waals surface area contributed by atoms with Gasteiger partial charge in [-0.25, -0.2) is 13.9 Å². The molecule has 256 valence electrons.